The molecule has 0 radical (unpaired) electrons. The highest BCUT2D eigenvalue weighted by Crippen LogP contribution is 2.41. The van der Waals surface area contributed by atoms with Crippen LogP contribution in [0.25, 0.3) is 100 Å². The van der Waals surface area contributed by atoms with E-state index in [9.17, 15) is 10.5 Å². The molecule has 0 atom stereocenters. The summed E-state index contributed by atoms with van der Waals surface area (Å²) in [6.07, 6.45) is 0. The summed E-state index contributed by atoms with van der Waals surface area (Å²) < 4.78 is 4.51. The normalized spacial score (nSPS) is 11.4. The molecule has 7 nitrogen and oxygen atoms in total. The number of nitrogens with zero attached hydrogens (tertiary/aromatic N) is 7. The van der Waals surface area contributed by atoms with Gasteiger partial charge >= 0.3 is 0 Å². The first kappa shape index (κ1) is 36.4. The highest BCUT2D eigenvalue weighted by molar-refractivity contribution is 6.11. The van der Waals surface area contributed by atoms with Gasteiger partial charge in [0.05, 0.1) is 56.7 Å². The molecular formula is C55H35N7. The van der Waals surface area contributed by atoms with Gasteiger partial charge in [-0.3, -0.25) is 0 Å². The molecule has 0 unspecified atom stereocenters. The van der Waals surface area contributed by atoms with Gasteiger partial charge in [0.25, 0.3) is 0 Å². The molecule has 11 rings (SSSR count). The standard InChI is InChI=1S/C55H35N7/c1-34-20-25-49-44(28-34)41-16-8-10-18-47(41)61(49)51-27-23-38(40-15-7-6-14-39(40)33-57)31-46(51)55-59-53(37-12-4-3-5-13-37)58-54(60-55)43-24-22-36(32-56)30-52(43)62-48-19-11-9-17-42(48)45-29-35(2)21-26-50(45)62/h3-31H,1-2H3. The average molecular weight is 794 g/mol. The molecule has 290 valence electrons. The topological polar surface area (TPSA) is 96.1 Å². The van der Waals surface area contributed by atoms with E-state index in [1.807, 2.05) is 78.9 Å². The summed E-state index contributed by atoms with van der Waals surface area (Å²) in [7, 11) is 0. The summed E-state index contributed by atoms with van der Waals surface area (Å²) in [5.41, 5.74) is 13.2. The van der Waals surface area contributed by atoms with Gasteiger partial charge in [0.2, 0.25) is 0 Å². The molecule has 0 aliphatic carbocycles. The first-order chi connectivity index (χ1) is 30.5. The van der Waals surface area contributed by atoms with E-state index in [1.54, 1.807) is 0 Å². The monoisotopic (exact) mass is 793 g/mol. The van der Waals surface area contributed by atoms with Crippen molar-refractivity contribution < 1.29 is 0 Å². The van der Waals surface area contributed by atoms with Crippen molar-refractivity contribution in [2.45, 2.75) is 13.8 Å². The van der Waals surface area contributed by atoms with Crippen LogP contribution in [0, 0.1) is 36.5 Å². The van der Waals surface area contributed by atoms with E-state index in [1.165, 1.54) is 5.56 Å². The number of aryl methyl sites for hydroxylation is 2. The van der Waals surface area contributed by atoms with Gasteiger partial charge in [-0.2, -0.15) is 10.5 Å². The summed E-state index contributed by atoms with van der Waals surface area (Å²) in [5, 5.41) is 25.0. The van der Waals surface area contributed by atoms with Crippen LogP contribution in [0.4, 0.5) is 0 Å². The molecule has 8 aromatic carbocycles. The van der Waals surface area contributed by atoms with Crippen LogP contribution >= 0.6 is 0 Å². The number of para-hydroxylation sites is 2. The maximum atomic E-state index is 10.3. The van der Waals surface area contributed by atoms with Gasteiger partial charge in [-0.1, -0.05) is 114 Å². The maximum Gasteiger partial charge on any atom is 0.166 e. The molecule has 0 amide bonds. The van der Waals surface area contributed by atoms with E-state index >= 15 is 0 Å². The lowest BCUT2D eigenvalue weighted by atomic mass is 9.97. The number of hydrogen-bond donors (Lipinski definition) is 0. The van der Waals surface area contributed by atoms with Crippen molar-refractivity contribution in [3.63, 3.8) is 0 Å². The highest BCUT2D eigenvalue weighted by Gasteiger charge is 2.23. The molecule has 0 fully saturated rings. The Labute approximate surface area is 357 Å². The predicted molar refractivity (Wildman–Crippen MR) is 249 cm³/mol. The molecule has 0 saturated carbocycles. The van der Waals surface area contributed by atoms with Crippen LogP contribution in [0.1, 0.15) is 22.3 Å². The zero-order chi connectivity index (χ0) is 41.9. The largest absolute Gasteiger partial charge is 0.309 e. The summed E-state index contributed by atoms with van der Waals surface area (Å²) in [6.45, 7) is 4.22. The van der Waals surface area contributed by atoms with Gasteiger partial charge in [0.15, 0.2) is 17.5 Å². The van der Waals surface area contributed by atoms with Crippen LogP contribution in [-0.2, 0) is 0 Å². The van der Waals surface area contributed by atoms with Crippen LogP contribution in [-0.4, -0.2) is 24.1 Å². The minimum Gasteiger partial charge on any atom is -0.309 e. The van der Waals surface area contributed by atoms with E-state index in [0.717, 1.165) is 88.4 Å². The number of rotatable bonds is 6. The van der Waals surface area contributed by atoms with Crippen molar-refractivity contribution in [2.75, 3.05) is 0 Å². The van der Waals surface area contributed by atoms with Crippen molar-refractivity contribution in [3.05, 3.63) is 198 Å². The summed E-state index contributed by atoms with van der Waals surface area (Å²) in [5.74, 6) is 1.43. The molecule has 3 heterocycles. The van der Waals surface area contributed by atoms with E-state index in [0.29, 0.717) is 28.6 Å². The SMILES string of the molecule is Cc1ccc2c(c1)c1ccccc1n2-c1ccc(-c2ccccc2C#N)cc1-c1nc(-c2ccccc2)nc(-c2ccc(C#N)cc2-n2c3ccccc3c3cc(C)ccc32)n1. The van der Waals surface area contributed by atoms with Gasteiger partial charge in [-0.05, 0) is 97.8 Å². The number of benzene rings is 8. The molecule has 0 saturated heterocycles. The van der Waals surface area contributed by atoms with E-state index < -0.39 is 0 Å². The molecule has 7 heteroatoms. The third-order valence-electron chi connectivity index (χ3n) is 11.8. The Hall–Kier alpha value is -8.65. The fourth-order valence-electron chi connectivity index (χ4n) is 8.91. The first-order valence-corrected chi connectivity index (χ1v) is 20.5. The molecular weight excluding hydrogens is 759 g/mol. The van der Waals surface area contributed by atoms with Crippen molar-refractivity contribution in [1.82, 2.24) is 24.1 Å². The molecule has 0 N–H and O–H groups in total. The first-order valence-electron chi connectivity index (χ1n) is 20.5. The Morgan fingerprint density at radius 1 is 0.387 bits per heavy atom. The Balaban J connectivity index is 1.24. The smallest absolute Gasteiger partial charge is 0.166 e. The van der Waals surface area contributed by atoms with Gasteiger partial charge in [0.1, 0.15) is 0 Å². The fourth-order valence-corrected chi connectivity index (χ4v) is 8.91. The Kier molecular flexibility index (Phi) is 8.56. The van der Waals surface area contributed by atoms with Crippen molar-refractivity contribution >= 4 is 43.6 Å². The van der Waals surface area contributed by atoms with Gasteiger partial charge < -0.3 is 9.13 Å². The fraction of sp³-hybridized carbons (Fsp3) is 0.0364. The molecule has 0 aliphatic rings. The Bertz CT molecular complexity index is 3690. The third kappa shape index (κ3) is 5.92. The van der Waals surface area contributed by atoms with E-state index in [-0.39, 0.29) is 0 Å². The second kappa shape index (κ2) is 14.6. The van der Waals surface area contributed by atoms with Crippen LogP contribution in [0.2, 0.25) is 0 Å². The minimum absolute atomic E-state index is 0.456. The summed E-state index contributed by atoms with van der Waals surface area (Å²) >= 11 is 0. The maximum absolute atomic E-state index is 10.3. The lowest BCUT2D eigenvalue weighted by Crippen LogP contribution is -2.06. The molecule has 3 aromatic heterocycles. The average Bonchev–Trinajstić information content (AvgIpc) is 3.83. The van der Waals surface area contributed by atoms with Gasteiger partial charge in [0, 0.05) is 38.2 Å². The number of aromatic nitrogens is 5. The number of nitriles is 2. The summed E-state index contributed by atoms with van der Waals surface area (Å²) in [6, 6.07) is 64.3. The second-order valence-corrected chi connectivity index (χ2v) is 15.7. The van der Waals surface area contributed by atoms with Crippen molar-refractivity contribution in [2.24, 2.45) is 0 Å². The highest BCUT2D eigenvalue weighted by atomic mass is 15.1. The minimum atomic E-state index is 0.456. The van der Waals surface area contributed by atoms with Crippen LogP contribution in [0.15, 0.2) is 176 Å². The molecule has 0 bridgehead atoms. The molecule has 11 aromatic rings. The second-order valence-electron chi connectivity index (χ2n) is 15.7. The molecule has 62 heavy (non-hydrogen) atoms. The van der Waals surface area contributed by atoms with Crippen molar-refractivity contribution in [1.29, 1.82) is 10.5 Å². The van der Waals surface area contributed by atoms with Crippen LogP contribution < -0.4 is 0 Å². The lowest BCUT2D eigenvalue weighted by Gasteiger charge is -2.18. The van der Waals surface area contributed by atoms with Crippen LogP contribution in [0.5, 0.6) is 0 Å². The van der Waals surface area contributed by atoms with Crippen molar-refractivity contribution in [3.8, 4) is 68.8 Å². The summed E-state index contributed by atoms with van der Waals surface area (Å²) in [4.78, 5) is 16.0. The van der Waals surface area contributed by atoms with E-state index in [4.69, 9.17) is 15.0 Å². The molecule has 0 aliphatic heterocycles. The Morgan fingerprint density at radius 2 is 0.952 bits per heavy atom. The lowest BCUT2D eigenvalue weighted by molar-refractivity contribution is 1.06. The Morgan fingerprint density at radius 3 is 1.61 bits per heavy atom. The van der Waals surface area contributed by atoms with E-state index in [2.05, 4.69) is 132 Å². The van der Waals surface area contributed by atoms with Gasteiger partial charge in [-0.25, -0.2) is 15.0 Å². The van der Waals surface area contributed by atoms with Crippen LogP contribution in [0.3, 0.4) is 0 Å². The quantitative estimate of drug-likeness (QED) is 0.167. The third-order valence-corrected chi connectivity index (χ3v) is 11.8. The zero-order valence-corrected chi connectivity index (χ0v) is 33.9. The van der Waals surface area contributed by atoms with Gasteiger partial charge in [-0.15, -0.1) is 0 Å². The zero-order valence-electron chi connectivity index (χ0n) is 33.9. The number of hydrogen-bond acceptors (Lipinski definition) is 5. The predicted octanol–water partition coefficient (Wildman–Crippen LogP) is 13.1. The molecule has 0 spiro atoms. The number of fused-ring (bicyclic) bond motifs is 6.